The normalized spacial score (nSPS) is 15.8. The van der Waals surface area contributed by atoms with Crippen LogP contribution < -0.4 is 10.6 Å². The number of benzene rings is 2. The van der Waals surface area contributed by atoms with Gasteiger partial charge in [-0.05, 0) is 99.6 Å². The number of hydrogen-bond acceptors (Lipinski definition) is 3. The zero-order valence-corrected chi connectivity index (χ0v) is 20.9. The summed E-state index contributed by atoms with van der Waals surface area (Å²) in [5.74, 6) is -0.0946. The monoisotopic (exact) mass is 467 g/mol. The average molecular weight is 468 g/mol. The number of rotatable bonds is 9. The van der Waals surface area contributed by atoms with Crippen molar-refractivity contribution in [3.63, 3.8) is 0 Å². The van der Waals surface area contributed by atoms with Gasteiger partial charge in [0.2, 0.25) is 11.8 Å². The van der Waals surface area contributed by atoms with Gasteiger partial charge in [0.15, 0.2) is 0 Å². The summed E-state index contributed by atoms with van der Waals surface area (Å²) in [6, 6.07) is 12.4. The van der Waals surface area contributed by atoms with Crippen molar-refractivity contribution in [2.45, 2.75) is 58.8 Å². The van der Waals surface area contributed by atoms with Gasteiger partial charge in [-0.15, -0.1) is 0 Å². The van der Waals surface area contributed by atoms with Crippen LogP contribution in [0, 0.1) is 18.7 Å². The molecule has 3 rings (SSSR count). The SMILES string of the molecule is Cc1ccc(NC(=O)C(C)C)cc1C1CCN(CCCNC(=O)C(C)c2ccc(F)cc2)CC1. The van der Waals surface area contributed by atoms with Crippen LogP contribution in [0.1, 0.15) is 68.6 Å². The van der Waals surface area contributed by atoms with Crippen LogP contribution in [0.3, 0.4) is 0 Å². The summed E-state index contributed by atoms with van der Waals surface area (Å²) in [5.41, 5.74) is 4.32. The third-order valence-electron chi connectivity index (χ3n) is 6.81. The van der Waals surface area contributed by atoms with Gasteiger partial charge in [-0.2, -0.15) is 0 Å². The highest BCUT2D eigenvalue weighted by Crippen LogP contribution is 2.32. The first kappa shape index (κ1) is 25.9. The quantitative estimate of drug-likeness (QED) is 0.497. The smallest absolute Gasteiger partial charge is 0.227 e. The maximum atomic E-state index is 13.1. The number of anilines is 1. The summed E-state index contributed by atoms with van der Waals surface area (Å²) >= 11 is 0. The molecular weight excluding hydrogens is 429 g/mol. The van der Waals surface area contributed by atoms with Crippen LogP contribution in [-0.4, -0.2) is 42.9 Å². The standard InChI is InChI=1S/C28H38FN3O2/c1-19(2)27(33)31-25-11-6-20(3)26(18-25)23-12-16-32(17-13-23)15-5-14-30-28(34)21(4)22-7-9-24(29)10-8-22/h6-11,18-19,21,23H,5,12-17H2,1-4H3,(H,30,34)(H,31,33). The Labute approximate surface area is 203 Å². The fourth-order valence-corrected chi connectivity index (χ4v) is 4.48. The molecule has 0 aromatic heterocycles. The van der Waals surface area contributed by atoms with Gasteiger partial charge >= 0.3 is 0 Å². The van der Waals surface area contributed by atoms with Crippen LogP contribution in [-0.2, 0) is 9.59 Å². The number of carbonyl (C=O) groups excluding carboxylic acids is 2. The maximum absolute atomic E-state index is 13.1. The molecule has 2 aromatic rings. The Balaban J connectivity index is 1.41. The Hall–Kier alpha value is -2.73. The lowest BCUT2D eigenvalue weighted by atomic mass is 9.86. The molecule has 1 aliphatic rings. The topological polar surface area (TPSA) is 61.4 Å². The molecule has 1 unspecified atom stereocenters. The summed E-state index contributed by atoms with van der Waals surface area (Å²) in [6.45, 7) is 11.5. The summed E-state index contributed by atoms with van der Waals surface area (Å²) in [7, 11) is 0. The molecule has 5 nitrogen and oxygen atoms in total. The van der Waals surface area contributed by atoms with Crippen LogP contribution in [0.4, 0.5) is 10.1 Å². The second kappa shape index (κ2) is 12.1. The lowest BCUT2D eigenvalue weighted by molar-refractivity contribution is -0.122. The molecule has 0 spiro atoms. The van der Waals surface area contributed by atoms with E-state index in [9.17, 15) is 14.0 Å². The van der Waals surface area contributed by atoms with Crippen molar-refractivity contribution in [3.05, 3.63) is 65.0 Å². The van der Waals surface area contributed by atoms with Crippen LogP contribution >= 0.6 is 0 Å². The van der Waals surface area contributed by atoms with Crippen molar-refractivity contribution in [3.8, 4) is 0 Å². The van der Waals surface area contributed by atoms with Gasteiger partial charge in [0.1, 0.15) is 5.82 Å². The highest BCUT2D eigenvalue weighted by atomic mass is 19.1. The molecule has 2 N–H and O–H groups in total. The van der Waals surface area contributed by atoms with Gasteiger partial charge in [-0.1, -0.05) is 32.0 Å². The summed E-state index contributed by atoms with van der Waals surface area (Å²) in [4.78, 5) is 26.9. The number of likely N-dealkylation sites (tertiary alicyclic amines) is 1. The number of nitrogens with zero attached hydrogens (tertiary/aromatic N) is 1. The Morgan fingerprint density at radius 2 is 1.71 bits per heavy atom. The molecule has 1 heterocycles. The number of halogens is 1. The van der Waals surface area contributed by atoms with Crippen molar-refractivity contribution in [2.75, 3.05) is 31.5 Å². The molecule has 1 fully saturated rings. The van der Waals surface area contributed by atoms with Crippen LogP contribution in [0.5, 0.6) is 0 Å². The average Bonchev–Trinajstić information content (AvgIpc) is 2.83. The van der Waals surface area contributed by atoms with E-state index < -0.39 is 0 Å². The van der Waals surface area contributed by atoms with E-state index in [1.165, 1.54) is 23.3 Å². The van der Waals surface area contributed by atoms with Crippen molar-refractivity contribution in [2.24, 2.45) is 5.92 Å². The Morgan fingerprint density at radius 3 is 2.35 bits per heavy atom. The van der Waals surface area contributed by atoms with E-state index in [-0.39, 0.29) is 29.5 Å². The second-order valence-electron chi connectivity index (χ2n) is 9.75. The molecule has 1 atom stereocenters. The lowest BCUT2D eigenvalue weighted by Gasteiger charge is -2.33. The number of amides is 2. The van der Waals surface area contributed by atoms with Crippen molar-refractivity contribution >= 4 is 17.5 Å². The largest absolute Gasteiger partial charge is 0.356 e. The molecule has 0 aliphatic carbocycles. The summed E-state index contributed by atoms with van der Waals surface area (Å²) < 4.78 is 13.1. The zero-order chi connectivity index (χ0) is 24.7. The van der Waals surface area contributed by atoms with E-state index in [1.54, 1.807) is 12.1 Å². The molecule has 0 saturated carbocycles. The molecule has 2 amide bonds. The van der Waals surface area contributed by atoms with Gasteiger partial charge in [0, 0.05) is 18.2 Å². The van der Waals surface area contributed by atoms with Gasteiger partial charge in [-0.25, -0.2) is 4.39 Å². The molecule has 0 radical (unpaired) electrons. The number of nitrogens with one attached hydrogen (secondary N) is 2. The first-order chi connectivity index (χ1) is 16.2. The van der Waals surface area contributed by atoms with Gasteiger partial charge < -0.3 is 15.5 Å². The minimum atomic E-state index is -0.291. The van der Waals surface area contributed by atoms with E-state index in [2.05, 4.69) is 34.6 Å². The van der Waals surface area contributed by atoms with Crippen LogP contribution in [0.25, 0.3) is 0 Å². The fourth-order valence-electron chi connectivity index (χ4n) is 4.48. The second-order valence-corrected chi connectivity index (χ2v) is 9.75. The molecule has 0 bridgehead atoms. The first-order valence-corrected chi connectivity index (χ1v) is 12.4. The zero-order valence-electron chi connectivity index (χ0n) is 20.9. The molecule has 1 saturated heterocycles. The van der Waals surface area contributed by atoms with Gasteiger partial charge in [0.25, 0.3) is 0 Å². The Kier molecular flexibility index (Phi) is 9.22. The maximum Gasteiger partial charge on any atom is 0.227 e. The van der Waals surface area contributed by atoms with E-state index in [0.717, 1.165) is 50.1 Å². The van der Waals surface area contributed by atoms with Crippen LogP contribution in [0.2, 0.25) is 0 Å². The fraction of sp³-hybridized carbons (Fsp3) is 0.500. The van der Waals surface area contributed by atoms with E-state index in [1.807, 2.05) is 26.8 Å². The van der Waals surface area contributed by atoms with E-state index in [0.29, 0.717) is 12.5 Å². The summed E-state index contributed by atoms with van der Waals surface area (Å²) in [6.07, 6.45) is 3.09. The Bertz CT molecular complexity index is 966. The molecule has 34 heavy (non-hydrogen) atoms. The van der Waals surface area contributed by atoms with Gasteiger partial charge in [-0.3, -0.25) is 9.59 Å². The molecule has 184 valence electrons. The Morgan fingerprint density at radius 1 is 1.03 bits per heavy atom. The predicted molar refractivity (Wildman–Crippen MR) is 136 cm³/mol. The predicted octanol–water partition coefficient (Wildman–Crippen LogP) is 5.22. The van der Waals surface area contributed by atoms with Gasteiger partial charge in [0.05, 0.1) is 5.92 Å². The highest BCUT2D eigenvalue weighted by molar-refractivity contribution is 5.92. The van der Waals surface area contributed by atoms with Crippen molar-refractivity contribution in [1.29, 1.82) is 0 Å². The highest BCUT2D eigenvalue weighted by Gasteiger charge is 2.22. The third-order valence-corrected chi connectivity index (χ3v) is 6.81. The van der Waals surface area contributed by atoms with E-state index in [4.69, 9.17) is 0 Å². The number of piperidine rings is 1. The van der Waals surface area contributed by atoms with Crippen LogP contribution in [0.15, 0.2) is 42.5 Å². The van der Waals surface area contributed by atoms with E-state index >= 15 is 0 Å². The molecular formula is C28H38FN3O2. The van der Waals surface area contributed by atoms with Crippen molar-refractivity contribution in [1.82, 2.24) is 10.2 Å². The lowest BCUT2D eigenvalue weighted by Crippen LogP contribution is -2.36. The number of carbonyl (C=O) groups is 2. The first-order valence-electron chi connectivity index (χ1n) is 12.4. The number of hydrogen-bond donors (Lipinski definition) is 2. The molecule has 1 aliphatic heterocycles. The van der Waals surface area contributed by atoms with Crippen molar-refractivity contribution < 1.29 is 14.0 Å². The summed E-state index contributed by atoms with van der Waals surface area (Å²) in [5, 5.41) is 6.03. The molecule has 6 heteroatoms. The minimum Gasteiger partial charge on any atom is -0.356 e. The minimum absolute atomic E-state index is 0.0229. The third kappa shape index (κ3) is 7.13. The molecule has 2 aromatic carbocycles. The number of aryl methyl sites for hydroxylation is 1.